The van der Waals surface area contributed by atoms with Crippen LogP contribution >= 0.6 is 0 Å². The standard InChI is InChI=1S/C28H29N5O4/c1-4-36-27(34)28(23-10-7-20(16-29)8-11-23)33-13-5-6-22(26(33)31-37-28)14-21-9-12-24(25(15-21)35-3)32-17-19(2)30-18-32/h7-12,14-15,17-18,27,34H,4-6,13H2,1-3H3/b22-14+. The first-order chi connectivity index (χ1) is 18.0. The first kappa shape index (κ1) is 24.6. The van der Waals surface area contributed by atoms with Crippen molar-refractivity contribution in [3.63, 3.8) is 0 Å². The lowest BCUT2D eigenvalue weighted by molar-refractivity contribution is -0.271. The number of piperidine rings is 1. The fourth-order valence-electron chi connectivity index (χ4n) is 4.88. The molecule has 0 aliphatic carbocycles. The van der Waals surface area contributed by atoms with Crippen molar-refractivity contribution in [2.45, 2.75) is 38.7 Å². The molecule has 0 saturated carbocycles. The first-order valence-corrected chi connectivity index (χ1v) is 12.2. The number of oxime groups is 1. The van der Waals surface area contributed by atoms with E-state index in [1.54, 1.807) is 37.7 Å². The minimum absolute atomic E-state index is 0.303. The van der Waals surface area contributed by atoms with Crippen molar-refractivity contribution >= 4 is 11.9 Å². The largest absolute Gasteiger partial charge is 0.495 e. The van der Waals surface area contributed by atoms with E-state index in [4.69, 9.17) is 14.3 Å². The van der Waals surface area contributed by atoms with Gasteiger partial charge >= 0.3 is 0 Å². The van der Waals surface area contributed by atoms with Crippen molar-refractivity contribution in [2.75, 3.05) is 20.3 Å². The molecule has 2 aromatic carbocycles. The Kier molecular flexibility index (Phi) is 6.70. The number of amidine groups is 1. The molecule has 190 valence electrons. The number of hydrogen-bond donors (Lipinski definition) is 1. The molecule has 9 nitrogen and oxygen atoms in total. The Hall–Kier alpha value is -4.13. The minimum Gasteiger partial charge on any atom is -0.495 e. The van der Waals surface area contributed by atoms with Gasteiger partial charge in [0.2, 0.25) is 6.29 Å². The molecule has 1 aromatic heterocycles. The third-order valence-electron chi connectivity index (χ3n) is 6.66. The van der Waals surface area contributed by atoms with Crippen molar-refractivity contribution < 1.29 is 19.4 Å². The number of ether oxygens (including phenoxy) is 2. The average molecular weight is 500 g/mol. The summed E-state index contributed by atoms with van der Waals surface area (Å²) in [6, 6.07) is 15.1. The van der Waals surface area contributed by atoms with Crippen molar-refractivity contribution in [1.82, 2.24) is 14.5 Å². The number of aryl methyl sites for hydroxylation is 1. The van der Waals surface area contributed by atoms with Crippen LogP contribution in [-0.2, 0) is 15.3 Å². The van der Waals surface area contributed by atoms with Crippen molar-refractivity contribution in [3.8, 4) is 17.5 Å². The molecule has 0 bridgehead atoms. The van der Waals surface area contributed by atoms with Crippen molar-refractivity contribution in [3.05, 3.63) is 82.9 Å². The van der Waals surface area contributed by atoms with Gasteiger partial charge in [0.25, 0.3) is 5.72 Å². The summed E-state index contributed by atoms with van der Waals surface area (Å²) in [5.74, 6) is 1.38. The highest BCUT2D eigenvalue weighted by molar-refractivity contribution is 6.03. The van der Waals surface area contributed by atoms with E-state index in [2.05, 4.69) is 22.3 Å². The molecular formula is C28H29N5O4. The van der Waals surface area contributed by atoms with E-state index in [0.29, 0.717) is 30.1 Å². The van der Waals surface area contributed by atoms with Gasteiger partial charge in [-0.2, -0.15) is 5.26 Å². The predicted octanol–water partition coefficient (Wildman–Crippen LogP) is 4.09. The highest BCUT2D eigenvalue weighted by atomic mass is 16.7. The van der Waals surface area contributed by atoms with Gasteiger partial charge in [0.15, 0.2) is 5.84 Å². The maximum absolute atomic E-state index is 11.1. The molecule has 2 unspecified atom stereocenters. The first-order valence-electron chi connectivity index (χ1n) is 12.2. The van der Waals surface area contributed by atoms with E-state index in [9.17, 15) is 10.4 Å². The average Bonchev–Trinajstić information content (AvgIpc) is 3.54. The highest BCUT2D eigenvalue weighted by Gasteiger charge is 2.55. The van der Waals surface area contributed by atoms with Gasteiger partial charge in [-0.1, -0.05) is 23.4 Å². The summed E-state index contributed by atoms with van der Waals surface area (Å²) in [4.78, 5) is 12.3. The number of aliphatic hydroxyl groups is 1. The predicted molar refractivity (Wildman–Crippen MR) is 138 cm³/mol. The van der Waals surface area contributed by atoms with Crippen LogP contribution in [0.1, 0.15) is 42.1 Å². The van der Waals surface area contributed by atoms with Gasteiger partial charge in [0.1, 0.15) is 5.75 Å². The number of aliphatic hydroxyl groups excluding tert-OH is 1. The maximum Gasteiger partial charge on any atom is 0.288 e. The van der Waals surface area contributed by atoms with Crippen LogP contribution in [0.15, 0.2) is 65.7 Å². The van der Waals surface area contributed by atoms with Gasteiger partial charge in [-0.05, 0) is 68.2 Å². The quantitative estimate of drug-likeness (QED) is 0.488. The number of fused-ring (bicyclic) bond motifs is 1. The summed E-state index contributed by atoms with van der Waals surface area (Å²) in [5.41, 5.74) is 3.60. The SMILES string of the molecule is CCOC(O)C1(c2ccc(C#N)cc2)ON=C2/C(=C/c3ccc(-n4cnc(C)c4)c(OC)c3)CCCN21. The van der Waals surface area contributed by atoms with Gasteiger partial charge in [-0.25, -0.2) is 4.98 Å². The molecule has 2 aliphatic heterocycles. The van der Waals surface area contributed by atoms with Crippen molar-refractivity contribution in [1.29, 1.82) is 5.26 Å². The van der Waals surface area contributed by atoms with Crippen LogP contribution in [0.3, 0.4) is 0 Å². The third-order valence-corrected chi connectivity index (χ3v) is 6.66. The van der Waals surface area contributed by atoms with Gasteiger partial charge < -0.3 is 28.9 Å². The number of imidazole rings is 1. The van der Waals surface area contributed by atoms with Crippen LogP contribution in [0.25, 0.3) is 11.8 Å². The molecule has 9 heteroatoms. The summed E-state index contributed by atoms with van der Waals surface area (Å²) in [5, 5.41) is 24.8. The maximum atomic E-state index is 11.1. The number of methoxy groups -OCH3 is 1. The third kappa shape index (κ3) is 4.35. The van der Waals surface area contributed by atoms with Crippen LogP contribution in [0.2, 0.25) is 0 Å². The van der Waals surface area contributed by atoms with Crippen molar-refractivity contribution in [2.24, 2.45) is 5.16 Å². The molecule has 2 atom stereocenters. The Bertz CT molecular complexity index is 1390. The lowest BCUT2D eigenvalue weighted by Crippen LogP contribution is -2.56. The van der Waals surface area contributed by atoms with E-state index < -0.39 is 12.0 Å². The van der Waals surface area contributed by atoms with E-state index in [1.807, 2.05) is 47.7 Å². The zero-order chi connectivity index (χ0) is 26.0. The molecule has 2 aliphatic rings. The minimum atomic E-state index is -1.35. The number of nitrogens with zero attached hydrogens (tertiary/aromatic N) is 5. The Morgan fingerprint density at radius 2 is 2.08 bits per heavy atom. The lowest BCUT2D eigenvalue weighted by Gasteiger charge is -2.42. The lowest BCUT2D eigenvalue weighted by atomic mass is 9.93. The molecule has 0 radical (unpaired) electrons. The second-order valence-electron chi connectivity index (χ2n) is 8.98. The molecule has 3 heterocycles. The Labute approximate surface area is 215 Å². The second kappa shape index (κ2) is 10.1. The van der Waals surface area contributed by atoms with E-state index in [-0.39, 0.29) is 0 Å². The molecule has 3 aromatic rings. The number of aromatic nitrogens is 2. The highest BCUT2D eigenvalue weighted by Crippen LogP contribution is 2.43. The normalized spacial score (nSPS) is 20.7. The van der Waals surface area contributed by atoms with Gasteiger partial charge in [-0.3, -0.25) is 0 Å². The monoisotopic (exact) mass is 499 g/mol. The van der Waals surface area contributed by atoms with E-state index in [0.717, 1.165) is 41.1 Å². The molecular weight excluding hydrogens is 470 g/mol. The van der Waals surface area contributed by atoms with Crippen LogP contribution < -0.4 is 4.74 Å². The summed E-state index contributed by atoms with van der Waals surface area (Å²) >= 11 is 0. The topological polar surface area (TPSA) is 105 Å². The van der Waals surface area contributed by atoms with Gasteiger partial charge in [0, 0.05) is 24.9 Å². The zero-order valence-electron chi connectivity index (χ0n) is 21.1. The Morgan fingerprint density at radius 1 is 1.27 bits per heavy atom. The Morgan fingerprint density at radius 3 is 2.76 bits per heavy atom. The summed E-state index contributed by atoms with van der Waals surface area (Å²) < 4.78 is 13.2. The molecule has 5 rings (SSSR count). The van der Waals surface area contributed by atoms with E-state index >= 15 is 0 Å². The van der Waals surface area contributed by atoms with Crippen LogP contribution in [-0.4, -0.2) is 51.9 Å². The fourth-order valence-corrected chi connectivity index (χ4v) is 4.88. The number of nitriles is 1. The van der Waals surface area contributed by atoms with Gasteiger partial charge in [0.05, 0.1) is 36.5 Å². The second-order valence-corrected chi connectivity index (χ2v) is 8.98. The zero-order valence-corrected chi connectivity index (χ0v) is 21.1. The van der Waals surface area contributed by atoms with Crippen LogP contribution in [0, 0.1) is 18.3 Å². The molecule has 37 heavy (non-hydrogen) atoms. The smallest absolute Gasteiger partial charge is 0.288 e. The van der Waals surface area contributed by atoms with E-state index in [1.165, 1.54) is 0 Å². The molecule has 1 fully saturated rings. The number of hydrogen-bond acceptors (Lipinski definition) is 8. The summed E-state index contributed by atoms with van der Waals surface area (Å²) in [6.07, 6.45) is 6.14. The summed E-state index contributed by atoms with van der Waals surface area (Å²) in [7, 11) is 1.65. The number of rotatable bonds is 7. The molecule has 0 spiro atoms. The number of benzene rings is 2. The van der Waals surface area contributed by atoms with Gasteiger partial charge in [-0.15, -0.1) is 0 Å². The van der Waals surface area contributed by atoms with Crippen LogP contribution in [0.4, 0.5) is 0 Å². The fraction of sp³-hybridized carbons (Fsp3) is 0.321. The molecule has 0 amide bonds. The molecule has 1 N–H and O–H groups in total. The summed E-state index contributed by atoms with van der Waals surface area (Å²) in [6.45, 7) is 4.69. The Balaban J connectivity index is 1.50. The van der Waals surface area contributed by atoms with Crippen LogP contribution in [0.5, 0.6) is 5.75 Å². The molecule has 1 saturated heterocycles.